The van der Waals surface area contributed by atoms with Gasteiger partial charge in [-0.05, 0) is 51.1 Å². The van der Waals surface area contributed by atoms with Gasteiger partial charge in [0.2, 0.25) is 0 Å². The number of hydrogen-bond donors (Lipinski definition) is 0. The van der Waals surface area contributed by atoms with Crippen molar-refractivity contribution in [3.8, 4) is 0 Å². The lowest BCUT2D eigenvalue weighted by Crippen LogP contribution is -2.30. The molecule has 3 heterocycles. The van der Waals surface area contributed by atoms with E-state index < -0.39 is 0 Å². The van der Waals surface area contributed by atoms with E-state index in [1.54, 1.807) is 0 Å². The van der Waals surface area contributed by atoms with Gasteiger partial charge in [-0.3, -0.25) is 4.90 Å². The predicted molar refractivity (Wildman–Crippen MR) is 66.9 cm³/mol. The summed E-state index contributed by atoms with van der Waals surface area (Å²) < 4.78 is 1.88. The molecule has 1 aliphatic heterocycles. The normalized spacial score (nSPS) is 22.1. The summed E-state index contributed by atoms with van der Waals surface area (Å²) in [5.74, 6) is 0.970. The van der Waals surface area contributed by atoms with Crippen LogP contribution in [0.1, 0.15) is 36.7 Å². The first-order valence-electron chi connectivity index (χ1n) is 6.27. The maximum absolute atomic E-state index is 4.66. The summed E-state index contributed by atoms with van der Waals surface area (Å²) in [6.07, 6.45) is 5.74. The maximum Gasteiger partial charge on any atom is 0.168 e. The highest BCUT2D eigenvalue weighted by atomic mass is 15.3. The minimum atomic E-state index is 0.393. The molecule has 0 aliphatic carbocycles. The molecule has 2 aromatic heterocycles. The highest BCUT2D eigenvalue weighted by molar-refractivity contribution is 5.40. The molecule has 0 N–H and O–H groups in total. The summed E-state index contributed by atoms with van der Waals surface area (Å²) in [5, 5.41) is 4.59. The molecule has 0 spiro atoms. The Kier molecular flexibility index (Phi) is 2.59. The van der Waals surface area contributed by atoms with Crippen molar-refractivity contribution in [3.05, 3.63) is 29.7 Å². The highest BCUT2D eigenvalue weighted by Crippen LogP contribution is 2.27. The SMILES string of the molecule is Cc1ccn2nc(C3CCCCN3C)nc2c1. The molecule has 0 bridgehead atoms. The van der Waals surface area contributed by atoms with E-state index in [2.05, 4.69) is 41.1 Å². The summed E-state index contributed by atoms with van der Waals surface area (Å²) in [6, 6.07) is 4.54. The van der Waals surface area contributed by atoms with Gasteiger partial charge < -0.3 is 0 Å². The molecule has 0 amide bonds. The smallest absolute Gasteiger partial charge is 0.168 e. The van der Waals surface area contributed by atoms with E-state index in [1.165, 1.54) is 24.8 Å². The van der Waals surface area contributed by atoms with Crippen molar-refractivity contribution in [2.24, 2.45) is 0 Å². The van der Waals surface area contributed by atoms with Gasteiger partial charge in [0.05, 0.1) is 6.04 Å². The van der Waals surface area contributed by atoms with Crippen molar-refractivity contribution in [2.45, 2.75) is 32.2 Å². The largest absolute Gasteiger partial charge is 0.296 e. The third-order valence-corrected chi connectivity index (χ3v) is 3.58. The van der Waals surface area contributed by atoms with Gasteiger partial charge in [0.15, 0.2) is 11.5 Å². The zero-order chi connectivity index (χ0) is 11.8. The fourth-order valence-corrected chi connectivity index (χ4v) is 2.54. The molecular weight excluding hydrogens is 212 g/mol. The Morgan fingerprint density at radius 1 is 1.35 bits per heavy atom. The second-order valence-electron chi connectivity index (χ2n) is 4.97. The number of piperidine rings is 1. The van der Waals surface area contributed by atoms with Crippen LogP contribution in [0.3, 0.4) is 0 Å². The summed E-state index contributed by atoms with van der Waals surface area (Å²) in [7, 11) is 2.17. The number of rotatable bonds is 1. The van der Waals surface area contributed by atoms with Crippen LogP contribution in [0.4, 0.5) is 0 Å². The molecule has 1 atom stereocenters. The van der Waals surface area contributed by atoms with E-state index in [-0.39, 0.29) is 0 Å². The molecule has 0 aromatic carbocycles. The number of likely N-dealkylation sites (tertiary alicyclic amines) is 1. The van der Waals surface area contributed by atoms with Crippen LogP contribution in [0, 0.1) is 6.92 Å². The fourth-order valence-electron chi connectivity index (χ4n) is 2.54. The first-order chi connectivity index (χ1) is 8.24. The van der Waals surface area contributed by atoms with Crippen LogP contribution in [0.15, 0.2) is 18.3 Å². The Hall–Kier alpha value is -1.42. The highest BCUT2D eigenvalue weighted by Gasteiger charge is 2.24. The monoisotopic (exact) mass is 230 g/mol. The zero-order valence-electron chi connectivity index (χ0n) is 10.4. The second-order valence-corrected chi connectivity index (χ2v) is 4.97. The third kappa shape index (κ3) is 1.93. The van der Waals surface area contributed by atoms with Gasteiger partial charge in [-0.1, -0.05) is 6.42 Å². The molecule has 4 heteroatoms. The van der Waals surface area contributed by atoms with Crippen molar-refractivity contribution >= 4 is 5.65 Å². The third-order valence-electron chi connectivity index (χ3n) is 3.58. The number of aryl methyl sites for hydroxylation is 1. The van der Waals surface area contributed by atoms with Crippen LogP contribution in [-0.2, 0) is 0 Å². The molecule has 1 fully saturated rings. The Morgan fingerprint density at radius 3 is 3.06 bits per heavy atom. The minimum absolute atomic E-state index is 0.393. The molecule has 0 saturated carbocycles. The maximum atomic E-state index is 4.66. The van der Waals surface area contributed by atoms with E-state index in [0.717, 1.165) is 18.0 Å². The van der Waals surface area contributed by atoms with Gasteiger partial charge in [0, 0.05) is 6.20 Å². The van der Waals surface area contributed by atoms with Crippen molar-refractivity contribution in [3.63, 3.8) is 0 Å². The van der Waals surface area contributed by atoms with Crippen molar-refractivity contribution < 1.29 is 0 Å². The second kappa shape index (κ2) is 4.11. The van der Waals surface area contributed by atoms with Gasteiger partial charge in [0.1, 0.15) is 0 Å². The van der Waals surface area contributed by atoms with E-state index in [1.807, 2.05) is 10.7 Å². The summed E-state index contributed by atoms with van der Waals surface area (Å²) >= 11 is 0. The summed E-state index contributed by atoms with van der Waals surface area (Å²) in [6.45, 7) is 3.24. The fraction of sp³-hybridized carbons (Fsp3) is 0.538. The Balaban J connectivity index is 1.99. The number of aromatic nitrogens is 3. The van der Waals surface area contributed by atoms with Crippen molar-refractivity contribution in [1.29, 1.82) is 0 Å². The molecule has 1 aliphatic rings. The minimum Gasteiger partial charge on any atom is -0.296 e. The Bertz CT molecular complexity index is 531. The van der Waals surface area contributed by atoms with Crippen LogP contribution in [0.5, 0.6) is 0 Å². The van der Waals surface area contributed by atoms with Gasteiger partial charge in [0.25, 0.3) is 0 Å². The lowest BCUT2D eigenvalue weighted by atomic mass is 10.0. The molecule has 4 nitrogen and oxygen atoms in total. The standard InChI is InChI=1S/C13H18N4/c1-10-6-8-17-12(9-10)14-13(15-17)11-5-3-4-7-16(11)2/h6,8-9,11H,3-5,7H2,1-2H3. The van der Waals surface area contributed by atoms with Crippen LogP contribution >= 0.6 is 0 Å². The van der Waals surface area contributed by atoms with Gasteiger partial charge in [-0.2, -0.15) is 0 Å². The lowest BCUT2D eigenvalue weighted by Gasteiger charge is -2.30. The molecule has 1 saturated heterocycles. The van der Waals surface area contributed by atoms with E-state index in [0.29, 0.717) is 6.04 Å². The predicted octanol–water partition coefficient (Wildman–Crippen LogP) is 2.19. The van der Waals surface area contributed by atoms with Gasteiger partial charge in [-0.15, -0.1) is 5.10 Å². The molecule has 90 valence electrons. The Morgan fingerprint density at radius 2 is 2.24 bits per heavy atom. The molecule has 3 rings (SSSR count). The molecular formula is C13H18N4. The van der Waals surface area contributed by atoms with Crippen LogP contribution in [-0.4, -0.2) is 33.1 Å². The van der Waals surface area contributed by atoms with Gasteiger partial charge in [-0.25, -0.2) is 9.50 Å². The summed E-state index contributed by atoms with van der Waals surface area (Å²) in [4.78, 5) is 7.02. The zero-order valence-corrected chi connectivity index (χ0v) is 10.4. The lowest BCUT2D eigenvalue weighted by molar-refractivity contribution is 0.179. The molecule has 17 heavy (non-hydrogen) atoms. The molecule has 2 aromatic rings. The number of hydrogen-bond acceptors (Lipinski definition) is 3. The molecule has 1 unspecified atom stereocenters. The van der Waals surface area contributed by atoms with Crippen molar-refractivity contribution in [2.75, 3.05) is 13.6 Å². The van der Waals surface area contributed by atoms with Crippen LogP contribution < -0.4 is 0 Å². The van der Waals surface area contributed by atoms with Gasteiger partial charge >= 0.3 is 0 Å². The number of nitrogens with zero attached hydrogens (tertiary/aromatic N) is 4. The first kappa shape index (κ1) is 10.7. The topological polar surface area (TPSA) is 33.4 Å². The Labute approximate surface area is 101 Å². The van der Waals surface area contributed by atoms with Crippen LogP contribution in [0.25, 0.3) is 5.65 Å². The number of fused-ring (bicyclic) bond motifs is 1. The summed E-state index contributed by atoms with van der Waals surface area (Å²) in [5.41, 5.74) is 2.19. The van der Waals surface area contributed by atoms with E-state index in [9.17, 15) is 0 Å². The quantitative estimate of drug-likeness (QED) is 0.753. The van der Waals surface area contributed by atoms with E-state index >= 15 is 0 Å². The van der Waals surface area contributed by atoms with Crippen LogP contribution in [0.2, 0.25) is 0 Å². The average molecular weight is 230 g/mol. The molecule has 0 radical (unpaired) electrons. The number of pyridine rings is 1. The van der Waals surface area contributed by atoms with E-state index in [4.69, 9.17) is 0 Å². The first-order valence-corrected chi connectivity index (χ1v) is 6.27. The average Bonchev–Trinajstić information content (AvgIpc) is 2.72. The van der Waals surface area contributed by atoms with Crippen molar-refractivity contribution in [1.82, 2.24) is 19.5 Å².